The number of hydrogen-bond donors (Lipinski definition) is 0. The van der Waals surface area contributed by atoms with Crippen molar-refractivity contribution in [1.29, 1.82) is 0 Å². The van der Waals surface area contributed by atoms with Crippen molar-refractivity contribution in [3.63, 3.8) is 0 Å². The Balaban J connectivity index is 1.52. The normalized spacial score (nSPS) is 22.8. The molecule has 24 heavy (non-hydrogen) atoms. The monoisotopic (exact) mass is 403 g/mol. The van der Waals surface area contributed by atoms with Crippen molar-refractivity contribution in [3.8, 4) is 5.75 Å². The third kappa shape index (κ3) is 3.07. The van der Waals surface area contributed by atoms with Crippen LogP contribution in [0.15, 0.2) is 53.0 Å². The quantitative estimate of drug-likeness (QED) is 0.743. The maximum Gasteiger partial charge on any atom is 0.264 e. The number of thioether (sulfide) groups is 1. The van der Waals surface area contributed by atoms with E-state index < -0.39 is 0 Å². The van der Waals surface area contributed by atoms with Crippen LogP contribution in [0.3, 0.4) is 0 Å². The predicted octanol–water partition coefficient (Wildman–Crippen LogP) is 4.42. The number of ether oxygens (including phenoxy) is 1. The van der Waals surface area contributed by atoms with Crippen LogP contribution in [0.5, 0.6) is 5.75 Å². The standard InChI is InChI=1S/C19H18BrNO2S/c20-15-8-5-14(6-9-15)19-21(11-12-24-19)18(22)17-10-7-13-3-1-2-4-16(13)23-17/h1-6,8-9,17,19H,7,10-12H2. The van der Waals surface area contributed by atoms with Gasteiger partial charge >= 0.3 is 0 Å². The SMILES string of the molecule is O=C(C1CCc2ccccc2O1)N1CCSC1c1ccc(Br)cc1. The lowest BCUT2D eigenvalue weighted by Gasteiger charge is -2.31. The van der Waals surface area contributed by atoms with Gasteiger partial charge in [0, 0.05) is 16.8 Å². The molecule has 2 aliphatic heterocycles. The maximum absolute atomic E-state index is 13.0. The molecule has 0 aliphatic carbocycles. The number of amides is 1. The topological polar surface area (TPSA) is 29.5 Å². The lowest BCUT2D eigenvalue weighted by molar-refractivity contribution is -0.139. The lowest BCUT2D eigenvalue weighted by Crippen LogP contribution is -2.43. The van der Waals surface area contributed by atoms with Crippen LogP contribution in [0.4, 0.5) is 0 Å². The number of benzene rings is 2. The number of halogens is 1. The van der Waals surface area contributed by atoms with Gasteiger partial charge in [-0.15, -0.1) is 11.8 Å². The molecule has 124 valence electrons. The summed E-state index contributed by atoms with van der Waals surface area (Å²) in [6, 6.07) is 16.3. The molecule has 0 spiro atoms. The van der Waals surface area contributed by atoms with Gasteiger partial charge in [0.05, 0.1) is 0 Å². The highest BCUT2D eigenvalue weighted by Crippen LogP contribution is 2.39. The van der Waals surface area contributed by atoms with Crippen LogP contribution in [0.25, 0.3) is 0 Å². The number of fused-ring (bicyclic) bond motifs is 1. The van der Waals surface area contributed by atoms with Crippen molar-refractivity contribution in [2.45, 2.75) is 24.3 Å². The van der Waals surface area contributed by atoms with Gasteiger partial charge in [0.15, 0.2) is 6.10 Å². The number of rotatable bonds is 2. The van der Waals surface area contributed by atoms with Gasteiger partial charge < -0.3 is 9.64 Å². The number of hydrogen-bond acceptors (Lipinski definition) is 3. The van der Waals surface area contributed by atoms with Gasteiger partial charge in [-0.2, -0.15) is 0 Å². The van der Waals surface area contributed by atoms with E-state index >= 15 is 0 Å². The van der Waals surface area contributed by atoms with E-state index in [9.17, 15) is 4.79 Å². The maximum atomic E-state index is 13.0. The van der Waals surface area contributed by atoms with Gasteiger partial charge in [0.1, 0.15) is 11.1 Å². The molecule has 2 heterocycles. The molecule has 2 atom stereocenters. The molecule has 1 fully saturated rings. The van der Waals surface area contributed by atoms with Gasteiger partial charge in [-0.3, -0.25) is 4.79 Å². The zero-order valence-corrected chi connectivity index (χ0v) is 15.6. The minimum atomic E-state index is -0.364. The summed E-state index contributed by atoms with van der Waals surface area (Å²) in [5.41, 5.74) is 2.37. The molecule has 2 unspecified atom stereocenters. The predicted molar refractivity (Wildman–Crippen MR) is 100 cm³/mol. The Morgan fingerprint density at radius 2 is 1.96 bits per heavy atom. The fraction of sp³-hybridized carbons (Fsp3) is 0.316. The number of carbonyl (C=O) groups is 1. The molecular weight excluding hydrogens is 386 g/mol. The molecule has 5 heteroatoms. The molecule has 3 nitrogen and oxygen atoms in total. The molecule has 1 saturated heterocycles. The molecule has 0 bridgehead atoms. The summed E-state index contributed by atoms with van der Waals surface area (Å²) in [7, 11) is 0. The van der Waals surface area contributed by atoms with E-state index in [-0.39, 0.29) is 17.4 Å². The van der Waals surface area contributed by atoms with E-state index in [1.165, 1.54) is 11.1 Å². The summed E-state index contributed by atoms with van der Waals surface area (Å²) in [6.45, 7) is 0.783. The first-order valence-corrected chi connectivity index (χ1v) is 9.98. The zero-order valence-electron chi connectivity index (χ0n) is 13.2. The summed E-state index contributed by atoms with van der Waals surface area (Å²) < 4.78 is 7.06. The Kier molecular flexibility index (Phi) is 4.55. The minimum absolute atomic E-state index is 0.0892. The largest absolute Gasteiger partial charge is 0.480 e. The Morgan fingerprint density at radius 1 is 1.17 bits per heavy atom. The zero-order chi connectivity index (χ0) is 16.5. The van der Waals surface area contributed by atoms with Gasteiger partial charge in [-0.05, 0) is 42.2 Å². The Hall–Kier alpha value is -1.46. The smallest absolute Gasteiger partial charge is 0.264 e. The third-order valence-electron chi connectivity index (χ3n) is 4.52. The van der Waals surface area contributed by atoms with Crippen molar-refractivity contribution in [3.05, 3.63) is 64.1 Å². The molecule has 0 radical (unpaired) electrons. The Bertz CT molecular complexity index is 749. The van der Waals surface area contributed by atoms with Crippen LogP contribution in [0, 0.1) is 0 Å². The minimum Gasteiger partial charge on any atom is -0.480 e. The van der Waals surface area contributed by atoms with E-state index in [0.717, 1.165) is 35.4 Å². The van der Waals surface area contributed by atoms with Crippen molar-refractivity contribution in [2.75, 3.05) is 12.3 Å². The van der Waals surface area contributed by atoms with Gasteiger partial charge in [0.25, 0.3) is 5.91 Å². The summed E-state index contributed by atoms with van der Waals surface area (Å²) in [4.78, 5) is 15.0. The highest BCUT2D eigenvalue weighted by Gasteiger charge is 2.36. The number of carbonyl (C=O) groups excluding carboxylic acids is 1. The fourth-order valence-electron chi connectivity index (χ4n) is 3.28. The molecule has 0 aromatic heterocycles. The van der Waals surface area contributed by atoms with E-state index in [1.807, 2.05) is 47.0 Å². The molecule has 4 rings (SSSR count). The number of nitrogens with zero attached hydrogens (tertiary/aromatic N) is 1. The second-order valence-corrected chi connectivity index (χ2v) is 8.16. The van der Waals surface area contributed by atoms with Crippen molar-refractivity contribution >= 4 is 33.6 Å². The van der Waals surface area contributed by atoms with E-state index in [1.54, 1.807) is 0 Å². The first-order valence-electron chi connectivity index (χ1n) is 8.14. The van der Waals surface area contributed by atoms with Crippen molar-refractivity contribution in [2.24, 2.45) is 0 Å². The van der Waals surface area contributed by atoms with Crippen molar-refractivity contribution < 1.29 is 9.53 Å². The highest BCUT2D eigenvalue weighted by atomic mass is 79.9. The Morgan fingerprint density at radius 3 is 2.79 bits per heavy atom. The highest BCUT2D eigenvalue weighted by molar-refractivity contribution is 9.10. The number of aryl methyl sites for hydroxylation is 1. The summed E-state index contributed by atoms with van der Waals surface area (Å²) in [6.07, 6.45) is 1.29. The van der Waals surface area contributed by atoms with Crippen LogP contribution in [0.2, 0.25) is 0 Å². The average Bonchev–Trinajstić information content (AvgIpc) is 3.11. The summed E-state index contributed by atoms with van der Waals surface area (Å²) in [5, 5.41) is 0.0892. The molecule has 2 aromatic rings. The van der Waals surface area contributed by atoms with Crippen molar-refractivity contribution in [1.82, 2.24) is 4.90 Å². The van der Waals surface area contributed by atoms with Crippen LogP contribution in [0.1, 0.15) is 22.9 Å². The van der Waals surface area contributed by atoms with Gasteiger partial charge in [-0.1, -0.05) is 46.3 Å². The summed E-state index contributed by atoms with van der Waals surface area (Å²) in [5.74, 6) is 1.94. The fourth-order valence-corrected chi connectivity index (χ4v) is 4.81. The Labute approximate surface area is 154 Å². The molecule has 0 saturated carbocycles. The first kappa shape index (κ1) is 16.0. The third-order valence-corrected chi connectivity index (χ3v) is 6.31. The van der Waals surface area contributed by atoms with Gasteiger partial charge in [-0.25, -0.2) is 0 Å². The second kappa shape index (κ2) is 6.81. The van der Waals surface area contributed by atoms with Gasteiger partial charge in [0.2, 0.25) is 0 Å². The van der Waals surface area contributed by atoms with E-state index in [0.29, 0.717) is 0 Å². The first-order chi connectivity index (χ1) is 11.7. The van der Waals surface area contributed by atoms with Crippen LogP contribution in [-0.2, 0) is 11.2 Å². The summed E-state index contributed by atoms with van der Waals surface area (Å²) >= 11 is 5.29. The second-order valence-electron chi connectivity index (χ2n) is 6.06. The lowest BCUT2D eigenvalue weighted by atomic mass is 10.0. The van der Waals surface area contributed by atoms with E-state index in [4.69, 9.17) is 4.74 Å². The van der Waals surface area contributed by atoms with Crippen LogP contribution >= 0.6 is 27.7 Å². The van der Waals surface area contributed by atoms with Crippen LogP contribution in [-0.4, -0.2) is 29.2 Å². The molecular formula is C19H18BrNO2S. The average molecular weight is 404 g/mol. The van der Waals surface area contributed by atoms with E-state index in [2.05, 4.69) is 34.1 Å². The molecule has 1 amide bonds. The molecule has 2 aromatic carbocycles. The molecule has 0 N–H and O–H groups in total. The molecule has 2 aliphatic rings. The number of para-hydroxylation sites is 1. The van der Waals surface area contributed by atoms with Crippen LogP contribution < -0.4 is 4.74 Å².